The van der Waals surface area contributed by atoms with Gasteiger partial charge in [-0.15, -0.1) is 10.2 Å². The fraction of sp³-hybridized carbons (Fsp3) is 0.217. The number of nitrogens with zero attached hydrogens (tertiary/aromatic N) is 3. The lowest BCUT2D eigenvalue weighted by atomic mass is 10.1. The molecule has 0 aliphatic rings. The largest absolute Gasteiger partial charge is 0.490 e. The molecule has 3 aromatic rings. The SMILES string of the molecule is CCOc1cc(C=C(C#N)C(=O)Nc2nnc(S(C)(=O)=O)s2)cc(Cl)c1OCc1ccc(C)cc1. The molecule has 0 radical (unpaired) electrons. The molecule has 2 aromatic carbocycles. The van der Waals surface area contributed by atoms with Crippen molar-refractivity contribution in [1.82, 2.24) is 10.2 Å². The highest BCUT2D eigenvalue weighted by Gasteiger charge is 2.18. The van der Waals surface area contributed by atoms with Crippen LogP contribution >= 0.6 is 22.9 Å². The van der Waals surface area contributed by atoms with E-state index >= 15 is 0 Å². The molecule has 1 N–H and O–H groups in total. The summed E-state index contributed by atoms with van der Waals surface area (Å²) in [5.74, 6) is -0.0770. The number of benzene rings is 2. The topological polar surface area (TPSA) is 131 Å². The molecule has 0 saturated heterocycles. The molecule has 182 valence electrons. The van der Waals surface area contributed by atoms with Gasteiger partial charge in [0, 0.05) is 6.26 Å². The molecule has 9 nitrogen and oxygen atoms in total. The maximum atomic E-state index is 12.6. The van der Waals surface area contributed by atoms with Gasteiger partial charge in [0.1, 0.15) is 18.2 Å². The number of ether oxygens (including phenoxy) is 2. The number of anilines is 1. The molecule has 12 heteroatoms. The molecule has 0 bridgehead atoms. The van der Waals surface area contributed by atoms with Crippen LogP contribution in [0, 0.1) is 18.3 Å². The molecular formula is C23H21ClN4O5S2. The molecule has 1 heterocycles. The highest BCUT2D eigenvalue weighted by Crippen LogP contribution is 2.38. The van der Waals surface area contributed by atoms with E-state index in [0.717, 1.165) is 17.4 Å². The average Bonchev–Trinajstić information content (AvgIpc) is 3.27. The van der Waals surface area contributed by atoms with Crippen molar-refractivity contribution < 1.29 is 22.7 Å². The first kappa shape index (κ1) is 26.2. The zero-order valence-electron chi connectivity index (χ0n) is 19.0. The average molecular weight is 533 g/mol. The third kappa shape index (κ3) is 7.02. The quantitative estimate of drug-likeness (QED) is 0.243. The summed E-state index contributed by atoms with van der Waals surface area (Å²) in [7, 11) is -3.56. The Hall–Kier alpha value is -3.46. The number of hydrogen-bond donors (Lipinski definition) is 1. The molecule has 0 saturated carbocycles. The molecule has 0 fully saturated rings. The predicted molar refractivity (Wildman–Crippen MR) is 133 cm³/mol. The Bertz CT molecular complexity index is 1410. The van der Waals surface area contributed by atoms with Gasteiger partial charge in [-0.2, -0.15) is 5.26 Å². The highest BCUT2D eigenvalue weighted by molar-refractivity contribution is 7.92. The van der Waals surface area contributed by atoms with Gasteiger partial charge >= 0.3 is 0 Å². The van der Waals surface area contributed by atoms with Crippen LogP contribution in [0.25, 0.3) is 6.08 Å². The Morgan fingerprint density at radius 1 is 1.23 bits per heavy atom. The Kier molecular flexibility index (Phi) is 8.45. The van der Waals surface area contributed by atoms with Crippen molar-refractivity contribution in [2.24, 2.45) is 0 Å². The van der Waals surface area contributed by atoms with Crippen molar-refractivity contribution in [2.75, 3.05) is 18.2 Å². The smallest absolute Gasteiger partial charge is 0.268 e. The zero-order valence-corrected chi connectivity index (χ0v) is 21.4. The molecule has 0 aliphatic heterocycles. The number of nitriles is 1. The van der Waals surface area contributed by atoms with Crippen molar-refractivity contribution >= 4 is 49.9 Å². The summed E-state index contributed by atoms with van der Waals surface area (Å²) in [6.07, 6.45) is 2.31. The molecule has 0 aliphatic carbocycles. The van der Waals surface area contributed by atoms with Crippen LogP contribution in [0.1, 0.15) is 23.6 Å². The molecule has 1 aromatic heterocycles. The van der Waals surface area contributed by atoms with Crippen molar-refractivity contribution in [3.8, 4) is 17.6 Å². The third-order valence-corrected chi connectivity index (χ3v) is 7.24. The molecule has 0 spiro atoms. The van der Waals surface area contributed by atoms with Gasteiger partial charge < -0.3 is 9.47 Å². The lowest BCUT2D eigenvalue weighted by Crippen LogP contribution is -2.13. The number of halogens is 1. The van der Waals surface area contributed by atoms with Crippen molar-refractivity contribution in [2.45, 2.75) is 24.8 Å². The molecular weight excluding hydrogens is 512 g/mol. The normalized spacial score (nSPS) is 11.6. The standard InChI is InChI=1S/C23H21ClN4O5S2/c1-4-32-19-11-16(10-18(24)20(19)33-13-15-7-5-14(2)6-8-15)9-17(12-25)21(29)26-22-27-28-23(34-22)35(3,30)31/h5-11H,4,13H2,1-3H3,(H,26,27,29). The lowest BCUT2D eigenvalue weighted by Gasteiger charge is -2.15. The van der Waals surface area contributed by atoms with Crippen LogP contribution in [-0.4, -0.2) is 37.4 Å². The van der Waals surface area contributed by atoms with E-state index in [1.807, 2.05) is 37.3 Å². The molecule has 0 unspecified atom stereocenters. The number of nitrogens with one attached hydrogen (secondary N) is 1. The lowest BCUT2D eigenvalue weighted by molar-refractivity contribution is -0.112. The second-order valence-corrected chi connectivity index (χ2v) is 10.9. The van der Waals surface area contributed by atoms with Crippen LogP contribution in [0.2, 0.25) is 5.02 Å². The summed E-state index contributed by atoms with van der Waals surface area (Å²) in [6.45, 7) is 4.42. The first-order valence-corrected chi connectivity index (χ1v) is 13.3. The number of sulfone groups is 1. The summed E-state index contributed by atoms with van der Waals surface area (Å²) in [4.78, 5) is 12.6. The Morgan fingerprint density at radius 2 is 1.94 bits per heavy atom. The van der Waals surface area contributed by atoms with Gasteiger partial charge in [-0.1, -0.05) is 52.8 Å². The fourth-order valence-corrected chi connectivity index (χ4v) is 4.58. The van der Waals surface area contributed by atoms with Crippen LogP contribution in [0.3, 0.4) is 0 Å². The van der Waals surface area contributed by atoms with Gasteiger partial charge in [0.25, 0.3) is 5.91 Å². The minimum absolute atomic E-state index is 0.0514. The summed E-state index contributed by atoms with van der Waals surface area (Å²) in [5, 5.41) is 19.2. The first-order chi connectivity index (χ1) is 16.6. The fourth-order valence-electron chi connectivity index (χ4n) is 2.80. The van der Waals surface area contributed by atoms with Crippen LogP contribution in [0.4, 0.5) is 5.13 Å². The van der Waals surface area contributed by atoms with Gasteiger partial charge in [0.05, 0.1) is 11.6 Å². The van der Waals surface area contributed by atoms with Crippen molar-refractivity contribution in [3.05, 3.63) is 63.7 Å². The summed E-state index contributed by atoms with van der Waals surface area (Å²) >= 11 is 7.14. The van der Waals surface area contributed by atoms with E-state index in [1.165, 1.54) is 6.08 Å². The zero-order chi connectivity index (χ0) is 25.6. The highest BCUT2D eigenvalue weighted by atomic mass is 35.5. The van der Waals surface area contributed by atoms with E-state index in [1.54, 1.807) is 19.1 Å². The van der Waals surface area contributed by atoms with Crippen molar-refractivity contribution in [1.29, 1.82) is 5.26 Å². The Morgan fingerprint density at radius 3 is 2.54 bits per heavy atom. The van der Waals surface area contributed by atoms with Crippen molar-refractivity contribution in [3.63, 3.8) is 0 Å². The first-order valence-electron chi connectivity index (χ1n) is 10.2. The maximum absolute atomic E-state index is 12.6. The van der Waals surface area contributed by atoms with Crippen LogP contribution in [0.5, 0.6) is 11.5 Å². The Balaban J connectivity index is 1.83. The number of carbonyl (C=O) groups is 1. The molecule has 35 heavy (non-hydrogen) atoms. The number of carbonyl (C=O) groups excluding carboxylic acids is 1. The van der Waals surface area contributed by atoms with E-state index in [4.69, 9.17) is 21.1 Å². The van der Waals surface area contributed by atoms with Crippen LogP contribution in [-0.2, 0) is 21.2 Å². The summed E-state index contributed by atoms with van der Waals surface area (Å²) in [6, 6.07) is 12.8. The van der Waals surface area contributed by atoms with Gasteiger partial charge in [0.2, 0.25) is 19.3 Å². The van der Waals surface area contributed by atoms with Gasteiger partial charge in [-0.3, -0.25) is 10.1 Å². The van der Waals surface area contributed by atoms with Gasteiger partial charge in [-0.05, 0) is 43.2 Å². The van der Waals surface area contributed by atoms with E-state index in [-0.39, 0.29) is 26.7 Å². The number of rotatable bonds is 9. The molecule has 0 atom stereocenters. The number of amides is 1. The minimum atomic E-state index is -3.56. The number of aromatic nitrogens is 2. The summed E-state index contributed by atoms with van der Waals surface area (Å²) in [5.41, 5.74) is 2.27. The second kappa shape index (κ2) is 11.3. The van der Waals surface area contributed by atoms with E-state index in [2.05, 4.69) is 15.5 Å². The van der Waals surface area contributed by atoms with E-state index < -0.39 is 15.7 Å². The molecule has 1 amide bonds. The van der Waals surface area contributed by atoms with Gasteiger partial charge in [-0.25, -0.2) is 8.42 Å². The predicted octanol–water partition coefficient (Wildman–Crippen LogP) is 4.43. The monoisotopic (exact) mass is 532 g/mol. The Labute approximate surface area is 211 Å². The third-order valence-electron chi connectivity index (χ3n) is 4.46. The number of aryl methyl sites for hydroxylation is 1. The van der Waals surface area contributed by atoms with Gasteiger partial charge in [0.15, 0.2) is 11.5 Å². The number of hydrogen-bond acceptors (Lipinski definition) is 9. The van der Waals surface area contributed by atoms with E-state index in [0.29, 0.717) is 35.0 Å². The van der Waals surface area contributed by atoms with Crippen LogP contribution in [0.15, 0.2) is 46.3 Å². The molecule has 3 rings (SSSR count). The maximum Gasteiger partial charge on any atom is 0.268 e. The minimum Gasteiger partial charge on any atom is -0.490 e. The van der Waals surface area contributed by atoms with E-state index in [9.17, 15) is 18.5 Å². The van der Waals surface area contributed by atoms with Crippen LogP contribution < -0.4 is 14.8 Å². The summed E-state index contributed by atoms with van der Waals surface area (Å²) < 4.78 is 34.4. The second-order valence-electron chi connectivity index (χ2n) is 7.31.